The molecule has 0 aromatic heterocycles. The summed E-state index contributed by atoms with van der Waals surface area (Å²) in [5, 5.41) is 15.1. The lowest BCUT2D eigenvalue weighted by atomic mass is 9.86. The third kappa shape index (κ3) is 6.48. The summed E-state index contributed by atoms with van der Waals surface area (Å²) in [6.45, 7) is 8.11. The summed E-state index contributed by atoms with van der Waals surface area (Å²) in [4.78, 5) is 2.19. The third-order valence-corrected chi connectivity index (χ3v) is 3.28. The van der Waals surface area contributed by atoms with Crippen molar-refractivity contribution < 1.29 is 5.21 Å². The summed E-state index contributed by atoms with van der Waals surface area (Å²) < 4.78 is 0. The van der Waals surface area contributed by atoms with Gasteiger partial charge in [-0.2, -0.15) is 0 Å². The Morgan fingerprint density at radius 3 is 2.53 bits per heavy atom. The summed E-state index contributed by atoms with van der Waals surface area (Å²) in [6.07, 6.45) is 1.93. The van der Waals surface area contributed by atoms with Gasteiger partial charge in [0.1, 0.15) is 5.84 Å². The van der Waals surface area contributed by atoms with E-state index in [9.17, 15) is 0 Å². The number of rotatable bonds is 8. The first-order chi connectivity index (χ1) is 7.81. The van der Waals surface area contributed by atoms with Gasteiger partial charge < -0.3 is 21.2 Å². The van der Waals surface area contributed by atoms with Crippen molar-refractivity contribution in [1.82, 2.24) is 10.2 Å². The molecular weight excluding hydrogens is 216 g/mol. The molecule has 1 unspecified atom stereocenters. The van der Waals surface area contributed by atoms with Crippen molar-refractivity contribution in [3.05, 3.63) is 0 Å². The van der Waals surface area contributed by atoms with Crippen LogP contribution in [0.3, 0.4) is 0 Å². The quantitative estimate of drug-likeness (QED) is 0.196. The van der Waals surface area contributed by atoms with Crippen molar-refractivity contribution in [2.24, 2.45) is 16.3 Å². The fraction of sp³-hybridized carbons (Fsp3) is 0.917. The number of amidine groups is 1. The molecular formula is C12H28N4O. The minimum absolute atomic E-state index is 0.233. The maximum atomic E-state index is 8.65. The van der Waals surface area contributed by atoms with E-state index in [1.54, 1.807) is 0 Å². The zero-order valence-electron chi connectivity index (χ0n) is 11.8. The fourth-order valence-corrected chi connectivity index (χ4v) is 1.41. The van der Waals surface area contributed by atoms with Crippen molar-refractivity contribution in [3.8, 4) is 0 Å². The molecule has 0 spiro atoms. The van der Waals surface area contributed by atoms with Crippen LogP contribution in [0.15, 0.2) is 5.16 Å². The lowest BCUT2D eigenvalue weighted by molar-refractivity contribution is 0.297. The van der Waals surface area contributed by atoms with Crippen LogP contribution in [0.5, 0.6) is 0 Å². The highest BCUT2D eigenvalue weighted by atomic mass is 16.4. The van der Waals surface area contributed by atoms with E-state index in [-0.39, 0.29) is 5.41 Å². The topological polar surface area (TPSA) is 73.9 Å². The lowest BCUT2D eigenvalue weighted by Gasteiger charge is -2.23. The van der Waals surface area contributed by atoms with E-state index in [1.807, 2.05) is 13.8 Å². The lowest BCUT2D eigenvalue weighted by Crippen LogP contribution is -2.36. The summed E-state index contributed by atoms with van der Waals surface area (Å²) >= 11 is 0. The number of nitrogens with one attached hydrogen (secondary N) is 1. The smallest absolute Gasteiger partial charge is 0.144 e. The zero-order chi connectivity index (χ0) is 13.5. The van der Waals surface area contributed by atoms with E-state index in [0.29, 0.717) is 11.9 Å². The molecule has 0 radical (unpaired) electrons. The van der Waals surface area contributed by atoms with Crippen LogP contribution in [-0.2, 0) is 0 Å². The summed E-state index contributed by atoms with van der Waals surface area (Å²) in [6, 6.07) is 0.534. The number of nitrogens with zero attached hydrogens (tertiary/aromatic N) is 2. The Bertz CT molecular complexity index is 239. The van der Waals surface area contributed by atoms with Gasteiger partial charge in [0, 0.05) is 18.0 Å². The van der Waals surface area contributed by atoms with E-state index in [4.69, 9.17) is 10.9 Å². The molecule has 5 nitrogen and oxygen atoms in total. The minimum atomic E-state index is -0.233. The van der Waals surface area contributed by atoms with E-state index >= 15 is 0 Å². The molecule has 17 heavy (non-hydrogen) atoms. The van der Waals surface area contributed by atoms with Crippen LogP contribution in [0.2, 0.25) is 0 Å². The van der Waals surface area contributed by atoms with E-state index in [0.717, 1.165) is 25.9 Å². The van der Waals surface area contributed by atoms with Gasteiger partial charge in [-0.15, -0.1) is 0 Å². The predicted octanol–water partition coefficient (Wildman–Crippen LogP) is 1.08. The van der Waals surface area contributed by atoms with Gasteiger partial charge in [-0.05, 0) is 40.4 Å². The first kappa shape index (κ1) is 16.2. The molecule has 0 aromatic carbocycles. The van der Waals surface area contributed by atoms with Crippen molar-refractivity contribution in [1.29, 1.82) is 0 Å². The maximum absolute atomic E-state index is 8.65. The zero-order valence-corrected chi connectivity index (χ0v) is 11.8. The second-order valence-electron chi connectivity index (χ2n) is 5.49. The molecule has 0 saturated carbocycles. The molecule has 1 atom stereocenters. The molecule has 0 aliphatic rings. The largest absolute Gasteiger partial charge is 0.409 e. The Balaban J connectivity index is 3.72. The Hall–Kier alpha value is -0.810. The summed E-state index contributed by atoms with van der Waals surface area (Å²) in [5.41, 5.74) is 5.39. The van der Waals surface area contributed by atoms with Gasteiger partial charge in [0.15, 0.2) is 0 Å². The summed E-state index contributed by atoms with van der Waals surface area (Å²) in [7, 11) is 4.15. The summed E-state index contributed by atoms with van der Waals surface area (Å²) in [5.74, 6) is 0.305. The number of nitrogens with two attached hydrogens (primary N) is 1. The van der Waals surface area contributed by atoms with Gasteiger partial charge in [-0.3, -0.25) is 0 Å². The van der Waals surface area contributed by atoms with Crippen LogP contribution < -0.4 is 11.1 Å². The fourth-order valence-electron chi connectivity index (χ4n) is 1.41. The minimum Gasteiger partial charge on any atom is -0.409 e. The SMILES string of the molecule is CC(CNCCCC(C)(C)C(N)=NO)N(C)C. The first-order valence-corrected chi connectivity index (χ1v) is 6.16. The second kappa shape index (κ2) is 7.50. The molecule has 0 heterocycles. The molecule has 5 heteroatoms. The molecule has 0 rings (SSSR count). The van der Waals surface area contributed by atoms with Crippen LogP contribution in [0.1, 0.15) is 33.6 Å². The van der Waals surface area contributed by atoms with Crippen LogP contribution in [0.25, 0.3) is 0 Å². The molecule has 0 amide bonds. The molecule has 102 valence electrons. The Labute approximate surface area is 105 Å². The highest BCUT2D eigenvalue weighted by Crippen LogP contribution is 2.21. The van der Waals surface area contributed by atoms with Crippen molar-refractivity contribution in [3.63, 3.8) is 0 Å². The number of oxime groups is 1. The molecule has 0 bridgehead atoms. The Morgan fingerprint density at radius 1 is 1.47 bits per heavy atom. The van der Waals surface area contributed by atoms with Crippen molar-refractivity contribution in [2.45, 2.75) is 39.7 Å². The number of hydrogen-bond acceptors (Lipinski definition) is 4. The highest BCUT2D eigenvalue weighted by Gasteiger charge is 2.22. The molecule has 0 aromatic rings. The Morgan fingerprint density at radius 2 is 2.06 bits per heavy atom. The average Bonchev–Trinajstić information content (AvgIpc) is 2.26. The van der Waals surface area contributed by atoms with E-state index in [2.05, 4.69) is 36.4 Å². The molecule has 0 aliphatic carbocycles. The standard InChI is InChI=1S/C12H28N4O/c1-10(16(4)5)9-14-8-6-7-12(2,3)11(13)15-17/h10,14,17H,6-9H2,1-5H3,(H2,13,15). The monoisotopic (exact) mass is 244 g/mol. The van der Waals surface area contributed by atoms with Gasteiger partial charge in [0.25, 0.3) is 0 Å². The number of likely N-dealkylation sites (N-methyl/N-ethyl adjacent to an activating group) is 1. The van der Waals surface area contributed by atoms with E-state index < -0.39 is 0 Å². The highest BCUT2D eigenvalue weighted by molar-refractivity contribution is 5.85. The first-order valence-electron chi connectivity index (χ1n) is 6.16. The van der Waals surface area contributed by atoms with Gasteiger partial charge in [-0.1, -0.05) is 19.0 Å². The van der Waals surface area contributed by atoms with Crippen molar-refractivity contribution >= 4 is 5.84 Å². The predicted molar refractivity (Wildman–Crippen MR) is 72.4 cm³/mol. The van der Waals surface area contributed by atoms with Crippen LogP contribution >= 0.6 is 0 Å². The number of hydrogen-bond donors (Lipinski definition) is 3. The normalized spacial score (nSPS) is 15.3. The third-order valence-electron chi connectivity index (χ3n) is 3.28. The van der Waals surface area contributed by atoms with Crippen LogP contribution in [0.4, 0.5) is 0 Å². The Kier molecular flexibility index (Phi) is 7.15. The van der Waals surface area contributed by atoms with E-state index in [1.165, 1.54) is 0 Å². The van der Waals surface area contributed by atoms with Gasteiger partial charge in [-0.25, -0.2) is 0 Å². The molecule has 0 aliphatic heterocycles. The average molecular weight is 244 g/mol. The maximum Gasteiger partial charge on any atom is 0.144 e. The van der Waals surface area contributed by atoms with Crippen LogP contribution in [0, 0.1) is 5.41 Å². The molecule has 4 N–H and O–H groups in total. The van der Waals surface area contributed by atoms with Gasteiger partial charge in [0.2, 0.25) is 0 Å². The second-order valence-corrected chi connectivity index (χ2v) is 5.49. The molecule has 0 fully saturated rings. The van der Waals surface area contributed by atoms with Gasteiger partial charge >= 0.3 is 0 Å². The van der Waals surface area contributed by atoms with Crippen LogP contribution in [-0.4, -0.2) is 49.2 Å². The molecule has 0 saturated heterocycles. The van der Waals surface area contributed by atoms with Gasteiger partial charge in [0.05, 0.1) is 0 Å². The van der Waals surface area contributed by atoms with Crippen molar-refractivity contribution in [2.75, 3.05) is 27.2 Å².